The number of aromatic nitrogens is 1. The van der Waals surface area contributed by atoms with Gasteiger partial charge in [-0.2, -0.15) is 0 Å². The summed E-state index contributed by atoms with van der Waals surface area (Å²) in [6.07, 6.45) is 3.32. The second-order valence-corrected chi connectivity index (χ2v) is 6.30. The number of carbonyl (C=O) groups excluding carboxylic acids is 1. The number of hydrogen-bond donors (Lipinski definition) is 2. The molecule has 116 valence electrons. The third-order valence-electron chi connectivity index (χ3n) is 3.84. The number of urea groups is 1. The Kier molecular flexibility index (Phi) is 5.17. The number of rotatable bonds is 4. The molecule has 0 aromatic carbocycles. The van der Waals surface area contributed by atoms with E-state index in [2.05, 4.69) is 17.2 Å². The van der Waals surface area contributed by atoms with Crippen molar-refractivity contribution in [3.8, 4) is 0 Å². The molecule has 2 unspecified atom stereocenters. The van der Waals surface area contributed by atoms with Crippen molar-refractivity contribution in [2.24, 2.45) is 5.92 Å². The molecule has 2 amide bonds. The molecule has 1 aliphatic rings. The molecule has 2 atom stereocenters. The summed E-state index contributed by atoms with van der Waals surface area (Å²) in [4.78, 5) is 29.0. The molecule has 0 spiro atoms. The molecular formula is C14H21N3O3S. The Morgan fingerprint density at radius 2 is 2.38 bits per heavy atom. The van der Waals surface area contributed by atoms with Crippen LogP contribution in [-0.4, -0.2) is 40.1 Å². The quantitative estimate of drug-likeness (QED) is 0.895. The first-order valence-electron chi connectivity index (χ1n) is 7.25. The molecule has 1 aromatic rings. The normalized spacial score (nSPS) is 20.1. The van der Waals surface area contributed by atoms with Crippen LogP contribution in [0, 0.1) is 5.92 Å². The van der Waals surface area contributed by atoms with Crippen molar-refractivity contribution in [1.29, 1.82) is 0 Å². The van der Waals surface area contributed by atoms with Gasteiger partial charge in [0.1, 0.15) is 5.01 Å². The predicted molar refractivity (Wildman–Crippen MR) is 80.6 cm³/mol. The number of amides is 2. The highest BCUT2D eigenvalue weighted by atomic mass is 32.1. The Labute approximate surface area is 128 Å². The Hall–Kier alpha value is -1.63. The molecule has 2 heterocycles. The highest BCUT2D eigenvalue weighted by Crippen LogP contribution is 2.21. The summed E-state index contributed by atoms with van der Waals surface area (Å²) < 4.78 is 0. The zero-order valence-electron chi connectivity index (χ0n) is 12.3. The number of piperidine rings is 1. The third kappa shape index (κ3) is 3.93. The van der Waals surface area contributed by atoms with Gasteiger partial charge in [0, 0.05) is 18.5 Å². The molecule has 2 N–H and O–H groups in total. The molecule has 6 nitrogen and oxygen atoms in total. The number of likely N-dealkylation sites (tertiary alicyclic amines) is 1. The monoisotopic (exact) mass is 311 g/mol. The highest BCUT2D eigenvalue weighted by Gasteiger charge is 2.24. The minimum absolute atomic E-state index is 0.0279. The number of carboxylic acids is 1. The number of nitrogens with zero attached hydrogens (tertiary/aromatic N) is 2. The molecule has 2 rings (SSSR count). The van der Waals surface area contributed by atoms with Crippen molar-refractivity contribution >= 4 is 23.3 Å². The van der Waals surface area contributed by atoms with Crippen molar-refractivity contribution < 1.29 is 14.7 Å². The Bertz CT molecular complexity index is 517. The van der Waals surface area contributed by atoms with Gasteiger partial charge in [-0.3, -0.25) is 0 Å². The second-order valence-electron chi connectivity index (χ2n) is 5.41. The lowest BCUT2D eigenvalue weighted by Gasteiger charge is -2.33. The number of aromatic carboxylic acids is 1. The van der Waals surface area contributed by atoms with E-state index in [-0.39, 0.29) is 17.8 Å². The summed E-state index contributed by atoms with van der Waals surface area (Å²) in [7, 11) is 0. The molecule has 0 saturated carbocycles. The first-order chi connectivity index (χ1) is 10.0. The SMILES string of the molecule is CCC1CCCN(C(=O)NC(C)c2nc(C(=O)O)cs2)C1. The average Bonchev–Trinajstić information content (AvgIpc) is 2.97. The molecule has 0 bridgehead atoms. The van der Waals surface area contributed by atoms with Gasteiger partial charge >= 0.3 is 12.0 Å². The predicted octanol–water partition coefficient (Wildman–Crippen LogP) is 2.73. The minimum Gasteiger partial charge on any atom is -0.476 e. The van der Waals surface area contributed by atoms with E-state index in [1.165, 1.54) is 23.1 Å². The summed E-state index contributed by atoms with van der Waals surface area (Å²) in [5, 5.41) is 13.9. The third-order valence-corrected chi connectivity index (χ3v) is 4.86. The lowest BCUT2D eigenvalue weighted by molar-refractivity contribution is 0.0691. The first-order valence-corrected chi connectivity index (χ1v) is 8.13. The Balaban J connectivity index is 1.93. The van der Waals surface area contributed by atoms with Crippen LogP contribution in [0.3, 0.4) is 0 Å². The molecule has 1 aromatic heterocycles. The number of hydrogen-bond acceptors (Lipinski definition) is 4. The van der Waals surface area contributed by atoms with Crippen LogP contribution < -0.4 is 5.32 Å². The maximum absolute atomic E-state index is 12.3. The number of carbonyl (C=O) groups is 2. The number of carboxylic acid groups (broad SMARTS) is 1. The fourth-order valence-electron chi connectivity index (χ4n) is 2.51. The van der Waals surface area contributed by atoms with Gasteiger partial charge in [0.15, 0.2) is 5.69 Å². The van der Waals surface area contributed by atoms with Crippen LogP contribution in [0.15, 0.2) is 5.38 Å². The largest absolute Gasteiger partial charge is 0.476 e. The molecule has 0 radical (unpaired) electrons. The summed E-state index contributed by atoms with van der Waals surface area (Å²) in [6.45, 7) is 5.56. The summed E-state index contributed by atoms with van der Waals surface area (Å²) in [6, 6.07) is -0.370. The summed E-state index contributed by atoms with van der Waals surface area (Å²) >= 11 is 1.25. The van der Waals surface area contributed by atoms with Gasteiger partial charge in [0.25, 0.3) is 0 Å². The molecule has 1 fully saturated rings. The maximum Gasteiger partial charge on any atom is 0.355 e. The smallest absolute Gasteiger partial charge is 0.355 e. The zero-order valence-corrected chi connectivity index (χ0v) is 13.2. The zero-order chi connectivity index (χ0) is 15.4. The lowest BCUT2D eigenvalue weighted by atomic mass is 9.96. The number of thiazole rings is 1. The van der Waals surface area contributed by atoms with E-state index in [0.717, 1.165) is 25.9 Å². The molecule has 1 aliphatic heterocycles. The van der Waals surface area contributed by atoms with E-state index in [1.807, 2.05) is 11.8 Å². The Morgan fingerprint density at radius 3 is 3.00 bits per heavy atom. The fourth-order valence-corrected chi connectivity index (χ4v) is 3.31. The van der Waals surface area contributed by atoms with Crippen molar-refractivity contribution in [2.45, 2.75) is 39.2 Å². The molecule has 0 aliphatic carbocycles. The van der Waals surface area contributed by atoms with Crippen LogP contribution in [0.25, 0.3) is 0 Å². The summed E-state index contributed by atoms with van der Waals surface area (Å²) in [5.41, 5.74) is 0.0279. The van der Waals surface area contributed by atoms with Crippen molar-refractivity contribution in [2.75, 3.05) is 13.1 Å². The summed E-state index contributed by atoms with van der Waals surface area (Å²) in [5.74, 6) is -0.462. The molecule has 1 saturated heterocycles. The maximum atomic E-state index is 12.3. The van der Waals surface area contributed by atoms with Crippen molar-refractivity contribution in [1.82, 2.24) is 15.2 Å². The standard InChI is InChI=1S/C14H21N3O3S/c1-3-10-5-4-6-17(7-10)14(20)15-9(2)12-16-11(8-21-12)13(18)19/h8-10H,3-7H2,1-2H3,(H,15,20)(H,18,19). The fraction of sp³-hybridized carbons (Fsp3) is 0.643. The second kappa shape index (κ2) is 6.89. The van der Waals surface area contributed by atoms with Crippen LogP contribution in [0.4, 0.5) is 4.79 Å². The van der Waals surface area contributed by atoms with E-state index < -0.39 is 5.97 Å². The van der Waals surface area contributed by atoms with Crippen LogP contribution in [0.2, 0.25) is 0 Å². The van der Waals surface area contributed by atoms with Crippen LogP contribution in [-0.2, 0) is 0 Å². The Morgan fingerprint density at radius 1 is 1.62 bits per heavy atom. The topological polar surface area (TPSA) is 82.5 Å². The van der Waals surface area contributed by atoms with E-state index in [9.17, 15) is 9.59 Å². The highest BCUT2D eigenvalue weighted by molar-refractivity contribution is 7.09. The van der Waals surface area contributed by atoms with Gasteiger partial charge in [-0.15, -0.1) is 11.3 Å². The van der Waals surface area contributed by atoms with Crippen LogP contribution in [0.1, 0.15) is 54.6 Å². The van der Waals surface area contributed by atoms with E-state index in [0.29, 0.717) is 10.9 Å². The van der Waals surface area contributed by atoms with Crippen LogP contribution >= 0.6 is 11.3 Å². The average molecular weight is 311 g/mol. The van der Waals surface area contributed by atoms with E-state index in [4.69, 9.17) is 5.11 Å². The van der Waals surface area contributed by atoms with Crippen molar-refractivity contribution in [3.05, 3.63) is 16.1 Å². The van der Waals surface area contributed by atoms with Crippen LogP contribution in [0.5, 0.6) is 0 Å². The molecule has 21 heavy (non-hydrogen) atoms. The van der Waals surface area contributed by atoms with Gasteiger partial charge in [-0.05, 0) is 25.7 Å². The van der Waals surface area contributed by atoms with Gasteiger partial charge < -0.3 is 15.3 Å². The van der Waals surface area contributed by atoms with Crippen molar-refractivity contribution in [3.63, 3.8) is 0 Å². The van der Waals surface area contributed by atoms with Gasteiger partial charge in [0.2, 0.25) is 0 Å². The number of nitrogens with one attached hydrogen (secondary N) is 1. The van der Waals surface area contributed by atoms with Gasteiger partial charge in [-0.25, -0.2) is 14.6 Å². The molecule has 7 heteroatoms. The van der Waals surface area contributed by atoms with E-state index in [1.54, 1.807) is 0 Å². The van der Waals surface area contributed by atoms with E-state index >= 15 is 0 Å². The van der Waals surface area contributed by atoms with Gasteiger partial charge in [-0.1, -0.05) is 13.3 Å². The molecular weight excluding hydrogens is 290 g/mol. The van der Waals surface area contributed by atoms with Gasteiger partial charge in [0.05, 0.1) is 6.04 Å². The first kappa shape index (κ1) is 15.8. The lowest BCUT2D eigenvalue weighted by Crippen LogP contribution is -2.46. The minimum atomic E-state index is -1.04.